The third kappa shape index (κ3) is 59.7. The quantitative estimate of drug-likeness (QED) is 0.0211. The van der Waals surface area contributed by atoms with Crippen molar-refractivity contribution in [3.63, 3.8) is 0 Å². The van der Waals surface area contributed by atoms with Crippen LogP contribution in [-0.2, 0) is 32.7 Å². The number of carbonyl (C=O) groups excluding carboxylic acids is 2. The number of phosphoric acid groups is 1. The second-order valence-corrected chi connectivity index (χ2v) is 24.6. The van der Waals surface area contributed by atoms with E-state index in [1.165, 1.54) is 257 Å². The summed E-state index contributed by atoms with van der Waals surface area (Å²) in [5.74, 6) is -0.780. The normalized spacial score (nSPS) is 13.3. The van der Waals surface area contributed by atoms with Crippen molar-refractivity contribution in [2.75, 3.05) is 47.5 Å². The van der Waals surface area contributed by atoms with Crippen LogP contribution in [0.25, 0.3) is 0 Å². The van der Waals surface area contributed by atoms with E-state index in [0.717, 1.165) is 32.1 Å². The lowest BCUT2D eigenvalue weighted by atomic mass is 10.0. The molecule has 2 unspecified atom stereocenters. The zero-order valence-electron chi connectivity index (χ0n) is 49.9. The summed E-state index contributed by atoms with van der Waals surface area (Å²) in [6.45, 7) is 4.49. The lowest BCUT2D eigenvalue weighted by Crippen LogP contribution is -2.37. The van der Waals surface area contributed by atoms with E-state index in [-0.39, 0.29) is 25.6 Å². The molecule has 0 fully saturated rings. The van der Waals surface area contributed by atoms with Gasteiger partial charge in [0.05, 0.1) is 27.7 Å². The molecule has 2 atom stereocenters. The molecule has 0 aromatic heterocycles. The Bertz CT molecular complexity index is 1300. The van der Waals surface area contributed by atoms with Gasteiger partial charge in [-0.1, -0.05) is 269 Å². The molecule has 0 radical (unpaired) electrons. The monoisotopic (exact) mass is 1070 g/mol. The second-order valence-electron chi connectivity index (χ2n) is 23.1. The minimum atomic E-state index is -4.38. The molecule has 0 rings (SSSR count). The van der Waals surface area contributed by atoms with Gasteiger partial charge in [-0.05, 0) is 64.2 Å². The summed E-state index contributed by atoms with van der Waals surface area (Å²) in [7, 11) is 1.49. The Kier molecular flexibility index (Phi) is 55.1. The molecule has 10 heteroatoms. The average molecular weight is 1070 g/mol. The van der Waals surface area contributed by atoms with Crippen LogP contribution in [0, 0.1) is 0 Å². The van der Waals surface area contributed by atoms with Crippen LogP contribution >= 0.6 is 7.82 Å². The van der Waals surface area contributed by atoms with Crippen molar-refractivity contribution in [2.24, 2.45) is 0 Å². The molecule has 0 heterocycles. The Morgan fingerprint density at radius 3 is 1.00 bits per heavy atom. The lowest BCUT2D eigenvalue weighted by Gasteiger charge is -2.24. The van der Waals surface area contributed by atoms with E-state index < -0.39 is 26.5 Å². The van der Waals surface area contributed by atoms with Crippen molar-refractivity contribution in [3.05, 3.63) is 24.3 Å². The zero-order valence-corrected chi connectivity index (χ0v) is 50.8. The SMILES string of the molecule is CCCCCCCCCC/C=C\CCCCCCCCCCCCCCCC(=O)OCC(COP(=O)(O)OCC[N+](C)(C)C)OC(=O)CCCCCCCCCCCCCCC/C=C\CCCCCCCCCC. The van der Waals surface area contributed by atoms with Crippen molar-refractivity contribution in [1.29, 1.82) is 0 Å². The maximum Gasteiger partial charge on any atom is 0.472 e. The highest BCUT2D eigenvalue weighted by atomic mass is 31.2. The van der Waals surface area contributed by atoms with Gasteiger partial charge in [-0.15, -0.1) is 0 Å². The first-order valence-corrected chi connectivity index (χ1v) is 33.6. The summed E-state index contributed by atoms with van der Waals surface area (Å²) in [4.78, 5) is 35.8. The summed E-state index contributed by atoms with van der Waals surface area (Å²) in [5.41, 5.74) is 0. The molecular formula is C64H125NO8P+. The van der Waals surface area contributed by atoms with E-state index in [1.54, 1.807) is 0 Å². The van der Waals surface area contributed by atoms with Crippen LogP contribution in [0.5, 0.6) is 0 Å². The topological polar surface area (TPSA) is 108 Å². The molecule has 9 nitrogen and oxygen atoms in total. The molecule has 0 amide bonds. The first-order chi connectivity index (χ1) is 36.0. The van der Waals surface area contributed by atoms with Crippen LogP contribution in [-0.4, -0.2) is 74.9 Å². The Labute approximate surface area is 459 Å². The van der Waals surface area contributed by atoms with Gasteiger partial charge in [-0.3, -0.25) is 18.6 Å². The predicted octanol–water partition coefficient (Wildman–Crippen LogP) is 20.2. The molecule has 1 N–H and O–H groups in total. The fraction of sp³-hybridized carbons (Fsp3) is 0.906. The lowest BCUT2D eigenvalue weighted by molar-refractivity contribution is -0.870. The standard InChI is InChI=1S/C64H124NO8P/c1-6-8-10-12-14-16-18-20-22-24-26-28-30-32-34-36-38-40-42-44-46-48-50-52-54-56-63(66)70-60-62(61-72-74(68,69)71-59-58-65(3,4)5)73-64(67)57-55-53-51-49-47-45-43-41-39-37-35-33-31-29-27-25-23-21-19-17-15-13-11-9-7-2/h24-27,62H,6-23,28-61H2,1-5H3/p+1/b26-24-,27-25-. The molecule has 0 bridgehead atoms. The van der Waals surface area contributed by atoms with Gasteiger partial charge in [0, 0.05) is 12.8 Å². The van der Waals surface area contributed by atoms with Gasteiger partial charge in [0.15, 0.2) is 6.10 Å². The van der Waals surface area contributed by atoms with Crippen LogP contribution < -0.4 is 0 Å². The smallest absolute Gasteiger partial charge is 0.462 e. The van der Waals surface area contributed by atoms with Gasteiger partial charge in [0.25, 0.3) is 0 Å². The molecule has 0 aliphatic carbocycles. The van der Waals surface area contributed by atoms with Crippen molar-refractivity contribution in [2.45, 2.75) is 328 Å². The van der Waals surface area contributed by atoms with E-state index in [2.05, 4.69) is 38.2 Å². The third-order valence-electron chi connectivity index (χ3n) is 14.5. The number of likely N-dealkylation sites (N-methyl/N-ethyl adjacent to an activating group) is 1. The van der Waals surface area contributed by atoms with Gasteiger partial charge in [0.2, 0.25) is 0 Å². The highest BCUT2D eigenvalue weighted by Crippen LogP contribution is 2.43. The van der Waals surface area contributed by atoms with Gasteiger partial charge >= 0.3 is 19.8 Å². The zero-order chi connectivity index (χ0) is 54.2. The van der Waals surface area contributed by atoms with Crippen LogP contribution in [0.2, 0.25) is 0 Å². The molecule has 438 valence electrons. The van der Waals surface area contributed by atoms with Crippen molar-refractivity contribution < 1.29 is 42.1 Å². The molecule has 0 aromatic carbocycles. The van der Waals surface area contributed by atoms with Crippen LogP contribution in [0.3, 0.4) is 0 Å². The molecule has 0 saturated carbocycles. The van der Waals surface area contributed by atoms with Crippen LogP contribution in [0.15, 0.2) is 24.3 Å². The summed E-state index contributed by atoms with van der Waals surface area (Å²) in [6, 6.07) is 0. The number of hydrogen-bond donors (Lipinski definition) is 1. The molecule has 0 aromatic rings. The minimum absolute atomic E-state index is 0.0344. The number of allylic oxidation sites excluding steroid dienone is 4. The Hall–Kier alpha value is -1.51. The maximum atomic E-state index is 12.8. The summed E-state index contributed by atoms with van der Waals surface area (Å²) < 4.78 is 34.7. The second kappa shape index (κ2) is 56.2. The average Bonchev–Trinajstić information content (AvgIpc) is 3.36. The van der Waals surface area contributed by atoms with E-state index in [4.69, 9.17) is 18.5 Å². The van der Waals surface area contributed by atoms with Crippen LogP contribution in [0.1, 0.15) is 322 Å². The molecular weight excluding hydrogens is 942 g/mol. The first-order valence-electron chi connectivity index (χ1n) is 32.1. The Morgan fingerprint density at radius 2 is 0.689 bits per heavy atom. The van der Waals surface area contributed by atoms with Gasteiger partial charge < -0.3 is 18.9 Å². The highest BCUT2D eigenvalue weighted by Gasteiger charge is 2.27. The predicted molar refractivity (Wildman–Crippen MR) is 317 cm³/mol. The van der Waals surface area contributed by atoms with E-state index in [9.17, 15) is 19.0 Å². The third-order valence-corrected chi connectivity index (χ3v) is 15.4. The fourth-order valence-electron chi connectivity index (χ4n) is 9.48. The molecule has 0 aliphatic heterocycles. The summed E-state index contributed by atoms with van der Waals surface area (Å²) in [5, 5.41) is 0. The summed E-state index contributed by atoms with van der Waals surface area (Å²) >= 11 is 0. The molecule has 0 spiro atoms. The van der Waals surface area contributed by atoms with Gasteiger partial charge in [-0.25, -0.2) is 4.57 Å². The molecule has 74 heavy (non-hydrogen) atoms. The highest BCUT2D eigenvalue weighted by molar-refractivity contribution is 7.47. The van der Waals surface area contributed by atoms with E-state index in [1.807, 2.05) is 21.1 Å². The number of quaternary nitrogens is 1. The van der Waals surface area contributed by atoms with Gasteiger partial charge in [-0.2, -0.15) is 0 Å². The minimum Gasteiger partial charge on any atom is -0.462 e. The van der Waals surface area contributed by atoms with Crippen molar-refractivity contribution >= 4 is 19.8 Å². The molecule has 0 aliphatic rings. The molecule has 0 saturated heterocycles. The Balaban J connectivity index is 4.07. The number of ether oxygens (including phenoxy) is 2. The number of esters is 2. The summed E-state index contributed by atoms with van der Waals surface area (Å²) in [6.07, 6.45) is 68.3. The van der Waals surface area contributed by atoms with Crippen molar-refractivity contribution in [3.8, 4) is 0 Å². The maximum absolute atomic E-state index is 12.8. The Morgan fingerprint density at radius 1 is 0.405 bits per heavy atom. The number of phosphoric ester groups is 1. The number of rotatable bonds is 60. The van der Waals surface area contributed by atoms with Crippen molar-refractivity contribution in [1.82, 2.24) is 0 Å². The fourth-order valence-corrected chi connectivity index (χ4v) is 10.2. The largest absolute Gasteiger partial charge is 0.472 e. The number of carbonyl (C=O) groups is 2. The number of unbranched alkanes of at least 4 members (excludes halogenated alkanes) is 42. The van der Waals surface area contributed by atoms with Crippen LogP contribution in [0.4, 0.5) is 0 Å². The van der Waals surface area contributed by atoms with Gasteiger partial charge in [0.1, 0.15) is 19.8 Å². The number of hydrogen-bond acceptors (Lipinski definition) is 7. The van der Waals surface area contributed by atoms with E-state index in [0.29, 0.717) is 23.9 Å². The van der Waals surface area contributed by atoms with E-state index >= 15 is 0 Å². The number of nitrogens with zero attached hydrogens (tertiary/aromatic N) is 1. The first kappa shape index (κ1) is 72.5.